The molecule has 3 fully saturated rings. The van der Waals surface area contributed by atoms with Gasteiger partial charge in [0.2, 0.25) is 0 Å². The molecule has 11 heteroatoms. The number of rotatable bonds is 5. The van der Waals surface area contributed by atoms with E-state index in [2.05, 4.69) is 26.9 Å². The Hall–Kier alpha value is -3.11. The Balaban J connectivity index is 1.40. The maximum atomic E-state index is 16.9. The van der Waals surface area contributed by atoms with Gasteiger partial charge >= 0.3 is 6.01 Å². The summed E-state index contributed by atoms with van der Waals surface area (Å²) in [6.07, 6.45) is 5.62. The van der Waals surface area contributed by atoms with Crippen molar-refractivity contribution in [3.63, 3.8) is 0 Å². The summed E-state index contributed by atoms with van der Waals surface area (Å²) in [5, 5.41) is 5.67. The Bertz CT molecular complexity index is 1730. The van der Waals surface area contributed by atoms with Crippen molar-refractivity contribution in [2.75, 3.05) is 37.7 Å². The summed E-state index contributed by atoms with van der Waals surface area (Å²) in [5.74, 6) is -2.75. The number of hydrogen-bond donors (Lipinski definition) is 0. The van der Waals surface area contributed by atoms with Crippen LogP contribution in [0.1, 0.15) is 51.0 Å². The largest absolute Gasteiger partial charge is 0.461 e. The number of ether oxygens (including phenoxy) is 1. The van der Waals surface area contributed by atoms with E-state index in [4.69, 9.17) is 16.3 Å². The van der Waals surface area contributed by atoms with Gasteiger partial charge in [-0.25, -0.2) is 13.2 Å². The first-order chi connectivity index (χ1) is 20.6. The molecule has 0 unspecified atom stereocenters. The van der Waals surface area contributed by atoms with Gasteiger partial charge in [-0.15, -0.1) is 0 Å². The molecule has 3 saturated heterocycles. The fraction of sp³-hybridized carbons (Fsp3) is 0.531. The lowest BCUT2D eigenvalue weighted by molar-refractivity contribution is 0.00337. The first-order valence-corrected chi connectivity index (χ1v) is 15.6. The Morgan fingerprint density at radius 1 is 1.09 bits per heavy atom. The second kappa shape index (κ2) is 10.5. The highest BCUT2D eigenvalue weighted by molar-refractivity contribution is 6.35. The predicted molar refractivity (Wildman–Crippen MR) is 163 cm³/mol. The van der Waals surface area contributed by atoms with Crippen molar-refractivity contribution in [1.29, 1.82) is 0 Å². The molecule has 3 aliphatic heterocycles. The fourth-order valence-electron chi connectivity index (χ4n) is 7.70. The summed E-state index contributed by atoms with van der Waals surface area (Å²) in [4.78, 5) is 13.3. The molecule has 0 N–H and O–H groups in total. The summed E-state index contributed by atoms with van der Waals surface area (Å²) in [6, 6.07) is 5.46. The smallest absolute Gasteiger partial charge is 0.319 e. The van der Waals surface area contributed by atoms with Crippen LogP contribution in [0.2, 0.25) is 5.02 Å². The van der Waals surface area contributed by atoms with Crippen LogP contribution in [-0.2, 0) is 7.05 Å². The third kappa shape index (κ3) is 4.90. The number of anilines is 1. The number of alkyl halides is 2. The Morgan fingerprint density at radius 3 is 2.77 bits per heavy atom. The summed E-state index contributed by atoms with van der Waals surface area (Å²) in [7, 11) is 1.81. The molecule has 0 aliphatic carbocycles. The van der Waals surface area contributed by atoms with E-state index in [1.54, 1.807) is 28.9 Å². The van der Waals surface area contributed by atoms with Gasteiger partial charge in [-0.1, -0.05) is 30.7 Å². The second-order valence-electron chi connectivity index (χ2n) is 12.8. The molecule has 4 aromatic rings. The molecule has 2 atom stereocenters. The molecule has 228 valence electrons. The molecule has 0 saturated carbocycles. The zero-order chi connectivity index (χ0) is 30.1. The summed E-state index contributed by atoms with van der Waals surface area (Å²) in [5.41, 5.74) is 2.28. The van der Waals surface area contributed by atoms with E-state index in [-0.39, 0.29) is 39.9 Å². The van der Waals surface area contributed by atoms with E-state index < -0.39 is 18.3 Å². The molecule has 0 bridgehead atoms. The molecule has 3 aliphatic rings. The van der Waals surface area contributed by atoms with Gasteiger partial charge < -0.3 is 9.64 Å². The molecule has 7 rings (SSSR count). The monoisotopic (exact) mass is 612 g/mol. The Labute approximate surface area is 254 Å². The minimum atomic E-state index is -2.90. The summed E-state index contributed by atoms with van der Waals surface area (Å²) < 4.78 is 54.6. The van der Waals surface area contributed by atoms with Crippen LogP contribution >= 0.6 is 11.6 Å². The van der Waals surface area contributed by atoms with Crippen LogP contribution in [0.5, 0.6) is 6.01 Å². The minimum absolute atomic E-state index is 0.00141. The van der Waals surface area contributed by atoms with Crippen LogP contribution in [0.25, 0.3) is 32.9 Å². The number of halogens is 4. The summed E-state index contributed by atoms with van der Waals surface area (Å²) >= 11 is 6.87. The first-order valence-electron chi connectivity index (χ1n) is 15.2. The van der Waals surface area contributed by atoms with Gasteiger partial charge in [0.1, 0.15) is 17.9 Å². The Kier molecular flexibility index (Phi) is 7.00. The van der Waals surface area contributed by atoms with Crippen molar-refractivity contribution in [3.05, 3.63) is 40.8 Å². The van der Waals surface area contributed by atoms with Gasteiger partial charge in [0, 0.05) is 48.5 Å². The number of fused-ring (bicyclic) bond motifs is 3. The third-order valence-electron chi connectivity index (χ3n) is 9.62. The minimum Gasteiger partial charge on any atom is -0.461 e. The molecule has 5 heterocycles. The van der Waals surface area contributed by atoms with Crippen molar-refractivity contribution in [2.24, 2.45) is 13.0 Å². The highest BCUT2D eigenvalue weighted by atomic mass is 35.5. The lowest BCUT2D eigenvalue weighted by Crippen LogP contribution is -2.43. The zero-order valence-corrected chi connectivity index (χ0v) is 25.5. The highest BCUT2D eigenvalue weighted by Crippen LogP contribution is 2.44. The molecule has 0 amide bonds. The van der Waals surface area contributed by atoms with E-state index in [0.29, 0.717) is 42.9 Å². The van der Waals surface area contributed by atoms with Crippen LogP contribution in [-0.4, -0.2) is 68.9 Å². The quantitative estimate of drug-likeness (QED) is 0.238. The fourth-order valence-corrected chi connectivity index (χ4v) is 7.99. The number of aryl methyl sites for hydroxylation is 2. The van der Waals surface area contributed by atoms with Gasteiger partial charge in [-0.3, -0.25) is 9.58 Å². The standard InChI is InChI=1S/C32H36ClF3N6O/c1-19-14-31(9-6-12-42(31)16-19)18-43-30-38-27-22(29(39-30)41-11-5-4-10-32(35,36)17-41)13-23(33)25(26(27)34)24-20(2)7-8-21-15-37-40(3)28(21)24/h7-8,13,15,19H,4-6,9-12,14,16-18H2,1-3H3/t19-,31+/m1/s1. The third-order valence-corrected chi connectivity index (χ3v) is 9.92. The molecule has 2 aromatic heterocycles. The Morgan fingerprint density at radius 2 is 1.93 bits per heavy atom. The van der Waals surface area contributed by atoms with E-state index in [9.17, 15) is 8.78 Å². The maximum Gasteiger partial charge on any atom is 0.319 e. The molecule has 7 nitrogen and oxygen atoms in total. The van der Waals surface area contributed by atoms with Gasteiger partial charge in [0.05, 0.1) is 28.8 Å². The zero-order valence-electron chi connectivity index (χ0n) is 24.8. The SMILES string of the molecule is Cc1ccc2cnn(C)c2c1-c1c(Cl)cc2c(N3CCCCC(F)(F)C3)nc(OC[C@@]34CCCN3C[C@H](C)C4)nc2c1F. The van der Waals surface area contributed by atoms with Crippen molar-refractivity contribution in [3.8, 4) is 17.1 Å². The van der Waals surface area contributed by atoms with Gasteiger partial charge in [-0.2, -0.15) is 15.1 Å². The van der Waals surface area contributed by atoms with Crippen molar-refractivity contribution in [1.82, 2.24) is 24.6 Å². The molecular weight excluding hydrogens is 577 g/mol. The van der Waals surface area contributed by atoms with E-state index >= 15 is 4.39 Å². The maximum absolute atomic E-state index is 16.9. The number of nitrogens with zero attached hydrogens (tertiary/aromatic N) is 6. The van der Waals surface area contributed by atoms with Crippen LogP contribution in [0, 0.1) is 18.7 Å². The second-order valence-corrected chi connectivity index (χ2v) is 13.3. The lowest BCUT2D eigenvalue weighted by Gasteiger charge is -2.31. The topological polar surface area (TPSA) is 59.3 Å². The van der Waals surface area contributed by atoms with Gasteiger partial charge in [0.25, 0.3) is 5.92 Å². The van der Waals surface area contributed by atoms with E-state index in [1.807, 2.05) is 19.1 Å². The van der Waals surface area contributed by atoms with Crippen molar-refractivity contribution >= 4 is 39.2 Å². The lowest BCUT2D eigenvalue weighted by atomic mass is 9.92. The van der Waals surface area contributed by atoms with Crippen molar-refractivity contribution < 1.29 is 17.9 Å². The molecule has 43 heavy (non-hydrogen) atoms. The van der Waals surface area contributed by atoms with E-state index in [0.717, 1.165) is 48.8 Å². The van der Waals surface area contributed by atoms with E-state index in [1.165, 1.54) is 0 Å². The number of aromatic nitrogens is 4. The molecule has 0 radical (unpaired) electrons. The van der Waals surface area contributed by atoms with Crippen molar-refractivity contribution in [2.45, 2.75) is 63.8 Å². The molecule has 2 aromatic carbocycles. The normalized spacial score (nSPS) is 24.2. The number of hydrogen-bond acceptors (Lipinski definition) is 6. The first kappa shape index (κ1) is 28.6. The van der Waals surface area contributed by atoms with Crippen LogP contribution < -0.4 is 9.64 Å². The number of benzene rings is 2. The average Bonchev–Trinajstić information content (AvgIpc) is 3.57. The van der Waals surface area contributed by atoms with Gasteiger partial charge in [0.15, 0.2) is 5.82 Å². The molecular formula is C32H36ClF3N6O. The average molecular weight is 613 g/mol. The predicted octanol–water partition coefficient (Wildman–Crippen LogP) is 7.16. The molecule has 0 spiro atoms. The summed E-state index contributed by atoms with van der Waals surface area (Å²) in [6.45, 7) is 6.41. The van der Waals surface area contributed by atoms with Gasteiger partial charge in [-0.05, 0) is 63.1 Å². The van der Waals surface area contributed by atoms with Crippen LogP contribution in [0.15, 0.2) is 24.4 Å². The van der Waals surface area contributed by atoms with Crippen LogP contribution in [0.3, 0.4) is 0 Å². The van der Waals surface area contributed by atoms with Crippen LogP contribution in [0.4, 0.5) is 19.0 Å². The highest BCUT2D eigenvalue weighted by Gasteiger charge is 2.48.